The Kier molecular flexibility index (Phi) is 0.436. The Morgan fingerprint density at radius 3 is 1.40 bits per heavy atom. The summed E-state index contributed by atoms with van der Waals surface area (Å²) in [5.74, 6) is 0. The molecule has 1 fully saturated rings. The molecule has 0 bridgehead atoms. The fourth-order valence-corrected chi connectivity index (χ4v) is 0.236. The van der Waals surface area contributed by atoms with Gasteiger partial charge in [0.15, 0.2) is 0 Å². The zero-order valence-electron chi connectivity index (χ0n) is 3.02. The van der Waals surface area contributed by atoms with Crippen LogP contribution in [0.3, 0.4) is 0 Å². The number of hydrogen-bond donors (Lipinski definition) is 2. The van der Waals surface area contributed by atoms with E-state index in [1.807, 2.05) is 0 Å². The monoisotopic (exact) mass is 72.1 g/mol. The molecule has 0 saturated heterocycles. The first-order valence-electron chi connectivity index (χ1n) is 1.82. The van der Waals surface area contributed by atoms with Gasteiger partial charge in [-0.25, -0.2) is 0 Å². The Morgan fingerprint density at radius 1 is 1.20 bits per heavy atom. The summed E-state index contributed by atoms with van der Waals surface area (Å²) in [5, 5.41) is 0. The van der Waals surface area contributed by atoms with Crippen molar-refractivity contribution in [1.29, 1.82) is 0 Å². The highest BCUT2D eigenvalue weighted by atomic mass is 14.9. The van der Waals surface area contributed by atoms with Gasteiger partial charge in [0, 0.05) is 12.1 Å². The summed E-state index contributed by atoms with van der Waals surface area (Å²) in [4.78, 5) is 0. The van der Waals surface area contributed by atoms with E-state index in [1.54, 1.807) is 0 Å². The van der Waals surface area contributed by atoms with E-state index in [4.69, 9.17) is 11.5 Å². The lowest BCUT2D eigenvalue weighted by Gasteiger charge is -1.70. The minimum Gasteiger partial charge on any atom is -0.326 e. The Bertz CT molecular complexity index is 38.2. The summed E-state index contributed by atoms with van der Waals surface area (Å²) in [6, 6.07) is 0.657. The minimum atomic E-state index is 0.329. The zero-order valence-corrected chi connectivity index (χ0v) is 3.02. The molecule has 2 heteroatoms. The van der Waals surface area contributed by atoms with Crippen molar-refractivity contribution in [2.75, 3.05) is 0 Å². The highest BCUT2D eigenvalue weighted by Gasteiger charge is 2.28. The molecule has 30 valence electrons. The zero-order chi connectivity index (χ0) is 3.86. The van der Waals surface area contributed by atoms with Crippen molar-refractivity contribution >= 4 is 0 Å². The summed E-state index contributed by atoms with van der Waals surface area (Å²) in [6.45, 7) is 0. The number of nitrogens with two attached hydrogens (primary N) is 2. The average Bonchev–Trinajstić information content (AvgIpc) is 1.79. The summed E-state index contributed by atoms with van der Waals surface area (Å²) in [5.41, 5.74) is 10.5. The SMILES string of the molecule is N[C@H]1C[C@@H]1N. The standard InChI is InChI=1S/C3H8N2/c4-2-1-3(2)5/h2-3H,1,4-5H2/t2-,3-/m0/s1. The van der Waals surface area contributed by atoms with E-state index in [0.29, 0.717) is 12.1 Å². The molecule has 0 amide bonds. The smallest absolute Gasteiger partial charge is 0.0208 e. The molecule has 1 aliphatic rings. The van der Waals surface area contributed by atoms with E-state index >= 15 is 0 Å². The van der Waals surface area contributed by atoms with Crippen molar-refractivity contribution < 1.29 is 0 Å². The predicted octanol–water partition coefficient (Wildman–Crippen LogP) is -0.955. The van der Waals surface area contributed by atoms with Crippen LogP contribution in [0.15, 0.2) is 0 Å². The molecule has 0 unspecified atom stereocenters. The fraction of sp³-hybridized carbons (Fsp3) is 1.00. The van der Waals surface area contributed by atoms with Crippen LogP contribution >= 0.6 is 0 Å². The second kappa shape index (κ2) is 0.698. The van der Waals surface area contributed by atoms with Crippen LogP contribution in [0, 0.1) is 0 Å². The molecule has 0 aromatic carbocycles. The van der Waals surface area contributed by atoms with E-state index in [9.17, 15) is 0 Å². The maximum Gasteiger partial charge on any atom is 0.0208 e. The third-order valence-corrected chi connectivity index (χ3v) is 0.891. The first-order chi connectivity index (χ1) is 2.30. The molecule has 0 aliphatic heterocycles. The third kappa shape index (κ3) is 0.412. The van der Waals surface area contributed by atoms with Crippen LogP contribution < -0.4 is 11.5 Å². The molecule has 1 aliphatic carbocycles. The van der Waals surface area contributed by atoms with Crippen LogP contribution in [0.4, 0.5) is 0 Å². The van der Waals surface area contributed by atoms with Gasteiger partial charge in [-0.15, -0.1) is 0 Å². The molecular weight excluding hydrogens is 64.0 g/mol. The second-order valence-corrected chi connectivity index (χ2v) is 1.56. The maximum atomic E-state index is 5.24. The highest BCUT2D eigenvalue weighted by molar-refractivity contribution is 4.93. The van der Waals surface area contributed by atoms with Gasteiger partial charge in [0.1, 0.15) is 0 Å². The van der Waals surface area contributed by atoms with Crippen LogP contribution in [0.2, 0.25) is 0 Å². The molecule has 4 N–H and O–H groups in total. The van der Waals surface area contributed by atoms with Gasteiger partial charge in [0.25, 0.3) is 0 Å². The van der Waals surface area contributed by atoms with Crippen LogP contribution in [-0.2, 0) is 0 Å². The van der Waals surface area contributed by atoms with E-state index in [1.165, 1.54) is 0 Å². The Balaban J connectivity index is 2.20. The van der Waals surface area contributed by atoms with Crippen LogP contribution in [0.1, 0.15) is 6.42 Å². The fourth-order valence-electron chi connectivity index (χ4n) is 0.236. The molecule has 2 nitrogen and oxygen atoms in total. The van der Waals surface area contributed by atoms with Crippen molar-refractivity contribution in [2.45, 2.75) is 18.5 Å². The van der Waals surface area contributed by atoms with Crippen molar-refractivity contribution in [3.05, 3.63) is 0 Å². The van der Waals surface area contributed by atoms with E-state index < -0.39 is 0 Å². The van der Waals surface area contributed by atoms with Gasteiger partial charge >= 0.3 is 0 Å². The van der Waals surface area contributed by atoms with Gasteiger partial charge < -0.3 is 11.5 Å². The maximum absolute atomic E-state index is 5.24. The van der Waals surface area contributed by atoms with E-state index in [-0.39, 0.29) is 0 Å². The van der Waals surface area contributed by atoms with Gasteiger partial charge in [-0.3, -0.25) is 0 Å². The predicted molar refractivity (Wildman–Crippen MR) is 20.6 cm³/mol. The van der Waals surface area contributed by atoms with Gasteiger partial charge in [-0.05, 0) is 6.42 Å². The quantitative estimate of drug-likeness (QED) is 0.387. The molecule has 0 heterocycles. The number of hydrogen-bond acceptors (Lipinski definition) is 2. The minimum absolute atomic E-state index is 0.329. The normalized spacial score (nSPS) is 49.2. The lowest BCUT2D eigenvalue weighted by molar-refractivity contribution is 0.962. The Labute approximate surface area is 31.1 Å². The van der Waals surface area contributed by atoms with Gasteiger partial charge in [0.05, 0.1) is 0 Å². The Morgan fingerprint density at radius 2 is 1.40 bits per heavy atom. The van der Waals surface area contributed by atoms with Gasteiger partial charge in [-0.1, -0.05) is 0 Å². The summed E-state index contributed by atoms with van der Waals surface area (Å²) in [7, 11) is 0. The molecule has 0 spiro atoms. The second-order valence-electron chi connectivity index (χ2n) is 1.56. The molecule has 1 rings (SSSR count). The highest BCUT2D eigenvalue weighted by Crippen LogP contribution is 2.12. The van der Waals surface area contributed by atoms with Gasteiger partial charge in [0.2, 0.25) is 0 Å². The largest absolute Gasteiger partial charge is 0.326 e. The lowest BCUT2D eigenvalue weighted by atomic mass is 10.7. The van der Waals surface area contributed by atoms with Crippen molar-refractivity contribution in [3.63, 3.8) is 0 Å². The Hall–Kier alpha value is -0.0800. The summed E-state index contributed by atoms with van der Waals surface area (Å²) >= 11 is 0. The lowest BCUT2D eigenvalue weighted by Crippen LogP contribution is -2.12. The molecule has 5 heavy (non-hydrogen) atoms. The molecule has 0 aromatic rings. The van der Waals surface area contributed by atoms with Crippen LogP contribution in [0.5, 0.6) is 0 Å². The van der Waals surface area contributed by atoms with E-state index in [0.717, 1.165) is 6.42 Å². The molecule has 0 aromatic heterocycles. The van der Waals surface area contributed by atoms with Crippen LogP contribution in [-0.4, -0.2) is 12.1 Å². The molecular formula is C3H8N2. The molecule has 2 atom stereocenters. The first-order valence-corrected chi connectivity index (χ1v) is 1.82. The topological polar surface area (TPSA) is 52.0 Å². The molecule has 0 radical (unpaired) electrons. The van der Waals surface area contributed by atoms with E-state index in [2.05, 4.69) is 0 Å². The van der Waals surface area contributed by atoms with Crippen molar-refractivity contribution in [1.82, 2.24) is 0 Å². The van der Waals surface area contributed by atoms with Gasteiger partial charge in [-0.2, -0.15) is 0 Å². The number of rotatable bonds is 0. The van der Waals surface area contributed by atoms with Crippen molar-refractivity contribution in [3.8, 4) is 0 Å². The third-order valence-electron chi connectivity index (χ3n) is 0.891. The van der Waals surface area contributed by atoms with Crippen LogP contribution in [0.25, 0.3) is 0 Å². The summed E-state index contributed by atoms with van der Waals surface area (Å²) < 4.78 is 0. The summed E-state index contributed by atoms with van der Waals surface area (Å²) in [6.07, 6.45) is 1.03. The van der Waals surface area contributed by atoms with Crippen molar-refractivity contribution in [2.24, 2.45) is 11.5 Å². The first kappa shape index (κ1) is 3.12. The average molecular weight is 72.1 g/mol. The molecule has 1 saturated carbocycles.